The molecule has 0 spiro atoms. The smallest absolute Gasteiger partial charge is 0.255 e. The van der Waals surface area contributed by atoms with Crippen molar-refractivity contribution in [3.8, 4) is 0 Å². The molecular weight excluding hydrogens is 418 g/mol. The summed E-state index contributed by atoms with van der Waals surface area (Å²) in [4.78, 5) is 17.9. The molecule has 3 atom stereocenters. The van der Waals surface area contributed by atoms with Crippen molar-refractivity contribution in [2.75, 3.05) is 24.5 Å². The highest BCUT2D eigenvalue weighted by molar-refractivity contribution is 6.02. The van der Waals surface area contributed by atoms with Crippen LogP contribution in [-0.2, 0) is 0 Å². The topological polar surface area (TPSA) is 35.6 Å². The molecule has 1 amide bonds. The van der Waals surface area contributed by atoms with Gasteiger partial charge < -0.3 is 10.2 Å². The summed E-state index contributed by atoms with van der Waals surface area (Å²) < 4.78 is 0. The number of amides is 1. The molecule has 1 fully saturated rings. The van der Waals surface area contributed by atoms with E-state index in [1.54, 1.807) is 0 Å². The van der Waals surface area contributed by atoms with E-state index in [1.165, 1.54) is 32.4 Å². The van der Waals surface area contributed by atoms with Gasteiger partial charge in [0.15, 0.2) is 0 Å². The number of rotatable bonds is 6. The summed E-state index contributed by atoms with van der Waals surface area (Å²) in [5, 5.41) is 3.26. The van der Waals surface area contributed by atoms with Gasteiger partial charge in [0.2, 0.25) is 0 Å². The quantitative estimate of drug-likeness (QED) is 0.585. The Morgan fingerprint density at radius 2 is 1.74 bits per heavy atom. The van der Waals surface area contributed by atoms with Crippen LogP contribution in [0.4, 0.5) is 5.69 Å². The van der Waals surface area contributed by atoms with E-state index in [4.69, 9.17) is 0 Å². The molecule has 178 valence electrons. The molecule has 2 aromatic rings. The van der Waals surface area contributed by atoms with Crippen LogP contribution in [0.5, 0.6) is 0 Å². The average Bonchev–Trinajstić information content (AvgIpc) is 2.89. The lowest BCUT2D eigenvalue weighted by Gasteiger charge is -2.45. The highest BCUT2D eigenvalue weighted by atomic mass is 16.2. The number of anilines is 1. The van der Waals surface area contributed by atoms with Crippen LogP contribution >= 0.6 is 0 Å². The van der Waals surface area contributed by atoms with Crippen molar-refractivity contribution in [3.05, 3.63) is 90.0 Å². The van der Waals surface area contributed by atoms with Crippen LogP contribution in [-0.4, -0.2) is 36.5 Å². The molecule has 4 nitrogen and oxygen atoms in total. The number of carbonyl (C=O) groups is 1. The predicted octanol–water partition coefficient (Wildman–Crippen LogP) is 5.95. The van der Waals surface area contributed by atoms with E-state index < -0.39 is 0 Å². The Morgan fingerprint density at radius 1 is 1.00 bits per heavy atom. The maximum absolute atomic E-state index is 12.8. The molecule has 3 unspecified atom stereocenters. The number of hydrogen-bond acceptors (Lipinski definition) is 3. The molecule has 3 aliphatic rings. The molecule has 2 aromatic carbocycles. The number of benzene rings is 2. The maximum atomic E-state index is 12.8. The first-order valence-electron chi connectivity index (χ1n) is 12.9. The van der Waals surface area contributed by atoms with Gasteiger partial charge in [0.25, 0.3) is 5.91 Å². The molecular formula is C30H37N3O. The molecule has 0 bridgehead atoms. The number of allylic oxidation sites excluding steroid dienone is 2. The molecule has 2 heterocycles. The fourth-order valence-corrected chi connectivity index (χ4v) is 5.95. The summed E-state index contributed by atoms with van der Waals surface area (Å²) in [7, 11) is 0. The van der Waals surface area contributed by atoms with Gasteiger partial charge in [-0.25, -0.2) is 0 Å². The Bertz CT molecular complexity index is 1050. The van der Waals surface area contributed by atoms with E-state index in [9.17, 15) is 4.79 Å². The van der Waals surface area contributed by atoms with Gasteiger partial charge in [-0.15, -0.1) is 0 Å². The monoisotopic (exact) mass is 455 g/mol. The first kappa shape index (κ1) is 22.9. The van der Waals surface area contributed by atoms with Crippen molar-refractivity contribution in [2.24, 2.45) is 11.3 Å². The van der Waals surface area contributed by atoms with Crippen LogP contribution in [0.1, 0.15) is 61.6 Å². The van der Waals surface area contributed by atoms with Gasteiger partial charge in [0.05, 0.1) is 11.3 Å². The minimum atomic E-state index is -0.117. The SMILES string of the molecule is CCC1(C)C=CC=CC1N1CCC(CCN2c3ccccc3C(=O)NC2c2ccccc2)CC1. The van der Waals surface area contributed by atoms with E-state index in [2.05, 4.69) is 83.6 Å². The molecule has 0 aromatic heterocycles. The van der Waals surface area contributed by atoms with Gasteiger partial charge in [-0.2, -0.15) is 0 Å². The molecule has 5 rings (SSSR count). The number of para-hydroxylation sites is 1. The highest BCUT2D eigenvalue weighted by Gasteiger charge is 2.36. The van der Waals surface area contributed by atoms with Crippen LogP contribution in [0.25, 0.3) is 0 Å². The van der Waals surface area contributed by atoms with Crippen LogP contribution < -0.4 is 10.2 Å². The molecule has 4 heteroatoms. The van der Waals surface area contributed by atoms with Crippen molar-refractivity contribution >= 4 is 11.6 Å². The number of fused-ring (bicyclic) bond motifs is 1. The van der Waals surface area contributed by atoms with Crippen LogP contribution in [0.3, 0.4) is 0 Å². The van der Waals surface area contributed by atoms with E-state index in [-0.39, 0.29) is 17.5 Å². The lowest BCUT2D eigenvalue weighted by Crippen LogP contribution is -2.49. The summed E-state index contributed by atoms with van der Waals surface area (Å²) in [5.41, 5.74) is 3.20. The second-order valence-corrected chi connectivity index (χ2v) is 10.3. The molecule has 0 radical (unpaired) electrons. The van der Waals surface area contributed by atoms with E-state index >= 15 is 0 Å². The fraction of sp³-hybridized carbons (Fsp3) is 0.433. The lowest BCUT2D eigenvalue weighted by atomic mass is 9.75. The van der Waals surface area contributed by atoms with Crippen molar-refractivity contribution < 1.29 is 4.79 Å². The number of nitrogens with zero attached hydrogens (tertiary/aromatic N) is 2. The zero-order valence-corrected chi connectivity index (χ0v) is 20.5. The first-order valence-corrected chi connectivity index (χ1v) is 12.9. The average molecular weight is 456 g/mol. The Labute approximate surface area is 204 Å². The van der Waals surface area contributed by atoms with Crippen LogP contribution in [0.15, 0.2) is 78.9 Å². The summed E-state index contributed by atoms with van der Waals surface area (Å²) in [6.45, 7) is 7.98. The predicted molar refractivity (Wildman–Crippen MR) is 140 cm³/mol. The van der Waals surface area contributed by atoms with Crippen molar-refractivity contribution in [2.45, 2.75) is 51.7 Å². The third-order valence-electron chi connectivity index (χ3n) is 8.29. The number of piperidine rings is 1. The van der Waals surface area contributed by atoms with Crippen LogP contribution in [0, 0.1) is 11.3 Å². The van der Waals surface area contributed by atoms with E-state index in [1.807, 2.05) is 24.3 Å². The highest BCUT2D eigenvalue weighted by Crippen LogP contribution is 2.38. The number of carbonyl (C=O) groups excluding carboxylic acids is 1. The molecule has 34 heavy (non-hydrogen) atoms. The molecule has 1 N–H and O–H groups in total. The zero-order valence-electron chi connectivity index (χ0n) is 20.5. The van der Waals surface area contributed by atoms with Crippen molar-refractivity contribution in [1.82, 2.24) is 10.2 Å². The van der Waals surface area contributed by atoms with Gasteiger partial charge in [0.1, 0.15) is 6.17 Å². The molecule has 2 aliphatic heterocycles. The van der Waals surface area contributed by atoms with E-state index in [0.717, 1.165) is 29.8 Å². The molecule has 0 saturated carbocycles. The van der Waals surface area contributed by atoms with Crippen LogP contribution in [0.2, 0.25) is 0 Å². The van der Waals surface area contributed by atoms with Gasteiger partial charge in [0, 0.05) is 18.0 Å². The van der Waals surface area contributed by atoms with Crippen molar-refractivity contribution in [3.63, 3.8) is 0 Å². The van der Waals surface area contributed by atoms with Gasteiger partial charge in [-0.1, -0.05) is 80.6 Å². The Balaban J connectivity index is 1.27. The lowest BCUT2D eigenvalue weighted by molar-refractivity contribution is 0.0902. The van der Waals surface area contributed by atoms with E-state index in [0.29, 0.717) is 12.0 Å². The second kappa shape index (κ2) is 9.79. The van der Waals surface area contributed by atoms with Crippen molar-refractivity contribution in [1.29, 1.82) is 0 Å². The Kier molecular flexibility index (Phi) is 6.60. The zero-order chi connectivity index (χ0) is 23.5. The number of nitrogens with one attached hydrogen (secondary N) is 1. The third-order valence-corrected chi connectivity index (χ3v) is 8.29. The Hall–Kier alpha value is -2.85. The fourth-order valence-electron chi connectivity index (χ4n) is 5.95. The minimum absolute atomic E-state index is 0.0163. The summed E-state index contributed by atoms with van der Waals surface area (Å²) in [6.07, 6.45) is 13.9. The Morgan fingerprint density at radius 3 is 2.50 bits per heavy atom. The minimum Gasteiger partial charge on any atom is -0.347 e. The first-order chi connectivity index (χ1) is 16.6. The maximum Gasteiger partial charge on any atom is 0.255 e. The number of likely N-dealkylation sites (tertiary alicyclic amines) is 1. The second-order valence-electron chi connectivity index (χ2n) is 10.3. The largest absolute Gasteiger partial charge is 0.347 e. The van der Waals surface area contributed by atoms with Gasteiger partial charge >= 0.3 is 0 Å². The summed E-state index contributed by atoms with van der Waals surface area (Å²) in [6, 6.07) is 18.9. The molecule has 1 aliphatic carbocycles. The third kappa shape index (κ3) is 4.44. The standard InChI is InChI=1S/C30H37N3O/c1-3-30(2)19-10-9-15-27(30)32-20-16-23(17-21-32)18-22-33-26-14-8-7-13-25(26)29(34)31-28(33)24-11-5-4-6-12-24/h4-15,19,23,27-28H,3,16-18,20-22H2,1-2H3,(H,31,34). The normalized spacial score (nSPS) is 27.5. The molecule has 1 saturated heterocycles. The van der Waals surface area contributed by atoms with Gasteiger partial charge in [-0.3, -0.25) is 9.69 Å². The summed E-state index contributed by atoms with van der Waals surface area (Å²) >= 11 is 0. The number of hydrogen-bond donors (Lipinski definition) is 1. The summed E-state index contributed by atoms with van der Waals surface area (Å²) in [5.74, 6) is 0.732. The van der Waals surface area contributed by atoms with Gasteiger partial charge in [-0.05, 0) is 62.4 Å².